The summed E-state index contributed by atoms with van der Waals surface area (Å²) < 4.78 is 9.48. The molecule has 2 rings (SSSR count). The number of thiol groups is 1. The molecule has 0 atom stereocenters. The lowest BCUT2D eigenvalue weighted by Crippen LogP contribution is -1.71. The van der Waals surface area contributed by atoms with E-state index in [2.05, 4.69) is 32.4 Å². The zero-order valence-electron chi connectivity index (χ0n) is 5.54. The Morgan fingerprint density at radius 2 is 2.42 bits per heavy atom. The average Bonchev–Trinajstić information content (AvgIpc) is 2.65. The largest absolute Gasteiger partial charge is 0.419 e. The van der Waals surface area contributed by atoms with Crippen molar-refractivity contribution in [2.45, 2.75) is 14.5 Å². The van der Waals surface area contributed by atoms with Crippen molar-refractivity contribution < 1.29 is 4.42 Å². The van der Waals surface area contributed by atoms with Crippen LogP contribution in [0.25, 0.3) is 0 Å². The number of aromatic nitrogens is 4. The Bertz CT molecular complexity index is 358. The SMILES string of the molecule is Sc1nnsc1Sc1nnco1. The van der Waals surface area contributed by atoms with E-state index in [9.17, 15) is 0 Å². The minimum Gasteiger partial charge on any atom is -0.419 e. The number of hydrogen-bond acceptors (Lipinski definition) is 8. The smallest absolute Gasteiger partial charge is 0.282 e. The van der Waals surface area contributed by atoms with E-state index >= 15 is 0 Å². The Labute approximate surface area is 81.2 Å². The molecule has 12 heavy (non-hydrogen) atoms. The Hall–Kier alpha value is -0.600. The summed E-state index contributed by atoms with van der Waals surface area (Å²) in [6, 6.07) is 0. The first-order chi connectivity index (χ1) is 5.86. The molecular weight excluding hydrogens is 216 g/mol. The predicted octanol–water partition coefficient (Wildman–Crippen LogP) is 1.36. The topological polar surface area (TPSA) is 64.7 Å². The summed E-state index contributed by atoms with van der Waals surface area (Å²) >= 11 is 6.64. The highest BCUT2D eigenvalue weighted by atomic mass is 32.2. The van der Waals surface area contributed by atoms with Crippen molar-refractivity contribution >= 4 is 35.9 Å². The first kappa shape index (κ1) is 8.02. The second-order valence-electron chi connectivity index (χ2n) is 1.69. The maximum Gasteiger partial charge on any atom is 0.282 e. The molecule has 0 aromatic carbocycles. The van der Waals surface area contributed by atoms with E-state index in [1.165, 1.54) is 29.7 Å². The maximum absolute atomic E-state index is 4.92. The van der Waals surface area contributed by atoms with Gasteiger partial charge in [-0.15, -0.1) is 27.9 Å². The van der Waals surface area contributed by atoms with Crippen LogP contribution in [0.4, 0.5) is 0 Å². The van der Waals surface area contributed by atoms with Crippen molar-refractivity contribution in [3.8, 4) is 0 Å². The van der Waals surface area contributed by atoms with Crippen LogP contribution in [0.2, 0.25) is 0 Å². The lowest BCUT2D eigenvalue weighted by Gasteiger charge is -1.87. The van der Waals surface area contributed by atoms with Gasteiger partial charge in [-0.2, -0.15) is 0 Å². The van der Waals surface area contributed by atoms with Gasteiger partial charge in [0.25, 0.3) is 5.22 Å². The van der Waals surface area contributed by atoms with Crippen LogP contribution in [0.3, 0.4) is 0 Å². The molecule has 0 saturated heterocycles. The molecule has 0 saturated carbocycles. The summed E-state index contributed by atoms with van der Waals surface area (Å²) in [5.41, 5.74) is 0. The van der Waals surface area contributed by atoms with Crippen molar-refractivity contribution in [1.29, 1.82) is 0 Å². The van der Waals surface area contributed by atoms with E-state index in [1.807, 2.05) is 0 Å². The first-order valence-electron chi connectivity index (χ1n) is 2.81. The monoisotopic (exact) mass is 218 g/mol. The van der Waals surface area contributed by atoms with E-state index in [-0.39, 0.29) is 0 Å². The third kappa shape index (κ3) is 1.59. The van der Waals surface area contributed by atoms with Gasteiger partial charge in [0.1, 0.15) is 9.24 Å². The minimum absolute atomic E-state index is 0.469. The molecule has 5 nitrogen and oxygen atoms in total. The number of rotatable bonds is 2. The van der Waals surface area contributed by atoms with E-state index in [4.69, 9.17) is 4.42 Å². The fourth-order valence-corrected chi connectivity index (χ4v) is 2.15. The fourth-order valence-electron chi connectivity index (χ4n) is 0.529. The van der Waals surface area contributed by atoms with Crippen LogP contribution in [0.1, 0.15) is 0 Å². The van der Waals surface area contributed by atoms with Crippen LogP contribution in [0.15, 0.2) is 25.3 Å². The first-order valence-corrected chi connectivity index (χ1v) is 4.85. The minimum atomic E-state index is 0.469. The van der Waals surface area contributed by atoms with Crippen LogP contribution in [0.5, 0.6) is 0 Å². The molecule has 0 aliphatic heterocycles. The zero-order chi connectivity index (χ0) is 8.39. The molecule has 0 aliphatic carbocycles. The highest BCUT2D eigenvalue weighted by Gasteiger charge is 2.09. The van der Waals surface area contributed by atoms with Gasteiger partial charge in [0.15, 0.2) is 0 Å². The normalized spacial score (nSPS) is 10.4. The molecule has 0 aliphatic rings. The lowest BCUT2D eigenvalue weighted by atomic mass is 11.0. The molecule has 0 N–H and O–H groups in total. The van der Waals surface area contributed by atoms with Crippen molar-refractivity contribution in [1.82, 2.24) is 19.8 Å². The number of nitrogens with zero attached hydrogens (tertiary/aromatic N) is 4. The molecule has 8 heteroatoms. The molecule has 2 heterocycles. The quantitative estimate of drug-likeness (QED) is 0.768. The fraction of sp³-hybridized carbons (Fsp3) is 0. The van der Waals surface area contributed by atoms with Gasteiger partial charge < -0.3 is 4.42 Å². The molecule has 0 unspecified atom stereocenters. The highest BCUT2D eigenvalue weighted by molar-refractivity contribution is 8.01. The van der Waals surface area contributed by atoms with Gasteiger partial charge in [-0.25, -0.2) is 0 Å². The summed E-state index contributed by atoms with van der Waals surface area (Å²) in [7, 11) is 0. The highest BCUT2D eigenvalue weighted by Crippen LogP contribution is 2.32. The number of hydrogen-bond donors (Lipinski definition) is 1. The Balaban J connectivity index is 2.20. The summed E-state index contributed by atoms with van der Waals surface area (Å²) in [5.74, 6) is 0. The molecule has 2 aromatic heterocycles. The summed E-state index contributed by atoms with van der Waals surface area (Å²) in [6.07, 6.45) is 1.27. The van der Waals surface area contributed by atoms with Gasteiger partial charge in [0.05, 0.1) is 0 Å². The van der Waals surface area contributed by atoms with Crippen LogP contribution in [0, 0.1) is 0 Å². The van der Waals surface area contributed by atoms with Crippen molar-refractivity contribution in [2.75, 3.05) is 0 Å². The van der Waals surface area contributed by atoms with E-state index in [0.717, 1.165) is 4.21 Å². The standard InChI is InChI=1S/C4H2N4OS3/c10-2-3(12-8-6-2)11-4-7-5-1-9-4/h1,10H. The van der Waals surface area contributed by atoms with Gasteiger partial charge in [-0.05, 0) is 23.3 Å². The zero-order valence-corrected chi connectivity index (χ0v) is 8.07. The molecular formula is C4H2N4OS3. The molecule has 0 spiro atoms. The van der Waals surface area contributed by atoms with Gasteiger partial charge >= 0.3 is 0 Å². The Kier molecular flexibility index (Phi) is 2.28. The van der Waals surface area contributed by atoms with Crippen molar-refractivity contribution in [3.05, 3.63) is 6.39 Å². The third-order valence-electron chi connectivity index (χ3n) is 0.962. The molecule has 2 aromatic rings. The van der Waals surface area contributed by atoms with Crippen LogP contribution >= 0.6 is 35.9 Å². The van der Waals surface area contributed by atoms with E-state index in [1.54, 1.807) is 0 Å². The molecule has 0 amide bonds. The van der Waals surface area contributed by atoms with Crippen LogP contribution in [-0.4, -0.2) is 19.8 Å². The summed E-state index contributed by atoms with van der Waals surface area (Å²) in [5, 5.41) is 12.0. The Morgan fingerprint density at radius 1 is 1.50 bits per heavy atom. The van der Waals surface area contributed by atoms with Gasteiger partial charge in [-0.1, -0.05) is 4.49 Å². The molecule has 0 fully saturated rings. The second kappa shape index (κ2) is 3.42. The molecule has 0 radical (unpaired) electrons. The van der Waals surface area contributed by atoms with Crippen LogP contribution in [-0.2, 0) is 0 Å². The lowest BCUT2D eigenvalue weighted by molar-refractivity contribution is 0.453. The van der Waals surface area contributed by atoms with Crippen LogP contribution < -0.4 is 0 Å². The molecule has 0 bridgehead atoms. The second-order valence-corrected chi connectivity index (χ2v) is 4.09. The van der Waals surface area contributed by atoms with E-state index < -0.39 is 0 Å². The van der Waals surface area contributed by atoms with Crippen molar-refractivity contribution in [2.24, 2.45) is 0 Å². The molecule has 62 valence electrons. The summed E-state index contributed by atoms with van der Waals surface area (Å²) in [4.78, 5) is 0. The third-order valence-corrected chi connectivity index (χ3v) is 3.30. The van der Waals surface area contributed by atoms with Gasteiger partial charge in [-0.3, -0.25) is 0 Å². The van der Waals surface area contributed by atoms with Gasteiger partial charge in [0.2, 0.25) is 6.39 Å². The maximum atomic E-state index is 4.92. The van der Waals surface area contributed by atoms with E-state index in [0.29, 0.717) is 10.2 Å². The van der Waals surface area contributed by atoms with Crippen molar-refractivity contribution in [3.63, 3.8) is 0 Å². The summed E-state index contributed by atoms with van der Waals surface area (Å²) in [6.45, 7) is 0. The Morgan fingerprint density at radius 3 is 3.00 bits per heavy atom. The average molecular weight is 218 g/mol. The van der Waals surface area contributed by atoms with Gasteiger partial charge in [0, 0.05) is 0 Å². The predicted molar refractivity (Wildman–Crippen MR) is 45.6 cm³/mol.